The molecule has 2 aliphatic rings. The van der Waals surface area contributed by atoms with Crippen LogP contribution in [0, 0.1) is 27.6 Å². The number of hydrogen-bond donors (Lipinski definition) is 0. The van der Waals surface area contributed by atoms with Crippen molar-refractivity contribution in [2.45, 2.75) is 73.6 Å². The number of Topliss-reactive ketones (excluding diaryl/α,β-unsaturated/α-hetero) is 1. The van der Waals surface area contributed by atoms with Crippen molar-refractivity contribution in [2.75, 3.05) is 0 Å². The average Bonchev–Trinajstić information content (AvgIpc) is 2.22. The summed E-state index contributed by atoms with van der Waals surface area (Å²) in [6.45, 7) is 12.3. The molecule has 0 amide bonds. The summed E-state index contributed by atoms with van der Waals surface area (Å²) in [4.78, 5) is 22.3. The fraction of sp³-hybridized carbons (Fsp3) is 0.737. The first-order valence-corrected chi connectivity index (χ1v) is 7.99. The lowest BCUT2D eigenvalue weighted by molar-refractivity contribution is -0.126. The smallest absolute Gasteiger partial charge is 0.156 e. The van der Waals surface area contributed by atoms with Crippen LogP contribution in [0.4, 0.5) is 0 Å². The largest absolute Gasteiger partial charge is 0.300 e. The molecule has 2 aliphatic carbocycles. The summed E-state index contributed by atoms with van der Waals surface area (Å²) >= 11 is 0. The van der Waals surface area contributed by atoms with Crippen molar-refractivity contribution in [3.8, 4) is 6.07 Å². The maximum absolute atomic E-state index is 11.3. The Bertz CT molecular complexity index is 534. The van der Waals surface area contributed by atoms with E-state index in [1.807, 2.05) is 13.8 Å². The van der Waals surface area contributed by atoms with Crippen LogP contribution in [0.2, 0.25) is 0 Å². The van der Waals surface area contributed by atoms with E-state index < -0.39 is 5.41 Å². The predicted molar refractivity (Wildman–Crippen MR) is 88.1 cm³/mol. The maximum atomic E-state index is 11.3. The molecule has 0 radical (unpaired) electrons. The quantitative estimate of drug-likeness (QED) is 0.656. The predicted octanol–water partition coefficient (Wildman–Crippen LogP) is 4.62. The van der Waals surface area contributed by atoms with Gasteiger partial charge in [-0.2, -0.15) is 5.26 Å². The minimum atomic E-state index is -0.418. The van der Waals surface area contributed by atoms with Crippen LogP contribution in [0.15, 0.2) is 11.6 Å². The lowest BCUT2D eigenvalue weighted by Crippen LogP contribution is -2.34. The van der Waals surface area contributed by atoms with E-state index in [0.29, 0.717) is 19.3 Å². The number of nitrogens with zero attached hydrogens (tertiary/aromatic N) is 1. The molecular formula is C19H29NO2. The first-order chi connectivity index (χ1) is 9.86. The van der Waals surface area contributed by atoms with Crippen molar-refractivity contribution in [1.82, 2.24) is 0 Å². The summed E-state index contributed by atoms with van der Waals surface area (Å²) in [5.74, 6) is 0.518. The lowest BCUT2D eigenvalue weighted by Gasteiger charge is -2.37. The maximum Gasteiger partial charge on any atom is 0.156 e. The van der Waals surface area contributed by atoms with Gasteiger partial charge in [-0.25, -0.2) is 0 Å². The van der Waals surface area contributed by atoms with E-state index in [1.165, 1.54) is 5.57 Å². The van der Waals surface area contributed by atoms with Crippen molar-refractivity contribution in [3.63, 3.8) is 0 Å². The fourth-order valence-corrected chi connectivity index (χ4v) is 3.96. The monoisotopic (exact) mass is 303 g/mol. The summed E-state index contributed by atoms with van der Waals surface area (Å²) in [7, 11) is 0. The van der Waals surface area contributed by atoms with E-state index >= 15 is 0 Å². The molecule has 0 aliphatic heterocycles. The van der Waals surface area contributed by atoms with Crippen LogP contribution in [0.1, 0.15) is 73.6 Å². The summed E-state index contributed by atoms with van der Waals surface area (Å²) in [6, 6.07) is 2.25. The van der Waals surface area contributed by atoms with Crippen LogP contribution in [0.25, 0.3) is 0 Å². The van der Waals surface area contributed by atoms with Crippen molar-refractivity contribution in [1.29, 1.82) is 5.26 Å². The Kier molecular flexibility index (Phi) is 5.38. The molecule has 0 aromatic carbocycles. The average molecular weight is 303 g/mol. The summed E-state index contributed by atoms with van der Waals surface area (Å²) < 4.78 is 0. The zero-order valence-corrected chi connectivity index (χ0v) is 14.9. The van der Waals surface area contributed by atoms with Crippen LogP contribution in [0.5, 0.6) is 0 Å². The Morgan fingerprint density at radius 3 is 1.95 bits per heavy atom. The van der Waals surface area contributed by atoms with Gasteiger partial charge >= 0.3 is 0 Å². The summed E-state index contributed by atoms with van der Waals surface area (Å²) in [5, 5.41) is 8.90. The van der Waals surface area contributed by atoms with Gasteiger partial charge in [-0.3, -0.25) is 9.59 Å². The first-order valence-electron chi connectivity index (χ1n) is 7.99. The Morgan fingerprint density at radius 2 is 1.55 bits per heavy atom. The minimum absolute atomic E-state index is 0.0137. The molecule has 0 bridgehead atoms. The first kappa shape index (κ1) is 18.6. The van der Waals surface area contributed by atoms with Crippen LogP contribution in [-0.4, -0.2) is 11.6 Å². The summed E-state index contributed by atoms with van der Waals surface area (Å²) in [6.07, 6.45) is 5.45. The molecule has 1 fully saturated rings. The second-order valence-electron chi connectivity index (χ2n) is 8.88. The zero-order chi connectivity index (χ0) is 17.2. The second kappa shape index (κ2) is 6.36. The fourth-order valence-electron chi connectivity index (χ4n) is 3.96. The molecule has 0 aromatic heterocycles. The molecule has 0 aromatic rings. The zero-order valence-electron chi connectivity index (χ0n) is 14.9. The Balaban J connectivity index is 0.000000224. The van der Waals surface area contributed by atoms with E-state index in [4.69, 9.17) is 5.26 Å². The van der Waals surface area contributed by atoms with Crippen molar-refractivity contribution in [2.24, 2.45) is 16.2 Å². The Hall–Kier alpha value is -1.43. The minimum Gasteiger partial charge on any atom is -0.300 e. The van der Waals surface area contributed by atoms with Crippen molar-refractivity contribution >= 4 is 11.6 Å². The Morgan fingerprint density at radius 1 is 0.955 bits per heavy atom. The molecule has 0 N–H and O–H groups in total. The third-order valence-corrected chi connectivity index (χ3v) is 4.22. The molecule has 3 nitrogen and oxygen atoms in total. The van der Waals surface area contributed by atoms with E-state index in [2.05, 4.69) is 33.8 Å². The van der Waals surface area contributed by atoms with Gasteiger partial charge in [0.2, 0.25) is 0 Å². The molecule has 122 valence electrons. The van der Waals surface area contributed by atoms with Crippen LogP contribution in [0.3, 0.4) is 0 Å². The molecule has 1 saturated carbocycles. The van der Waals surface area contributed by atoms with E-state index in [9.17, 15) is 9.59 Å². The molecule has 0 heterocycles. The third kappa shape index (κ3) is 5.75. The second-order valence-corrected chi connectivity index (χ2v) is 8.88. The molecule has 2 rings (SSSR count). The summed E-state index contributed by atoms with van der Waals surface area (Å²) in [5.41, 5.74) is 1.02. The van der Waals surface area contributed by atoms with Gasteiger partial charge in [0.15, 0.2) is 5.78 Å². The molecule has 0 saturated heterocycles. The highest BCUT2D eigenvalue weighted by Crippen LogP contribution is 2.43. The van der Waals surface area contributed by atoms with Gasteiger partial charge in [0.25, 0.3) is 0 Å². The van der Waals surface area contributed by atoms with E-state index in [1.54, 1.807) is 6.08 Å². The molecule has 1 atom stereocenters. The number of carbonyl (C=O) groups excluding carboxylic acids is 2. The molecule has 3 heteroatoms. The Labute approximate surface area is 134 Å². The number of carbonyl (C=O) groups is 2. The number of nitriles is 1. The highest BCUT2D eigenvalue weighted by Gasteiger charge is 2.40. The molecule has 22 heavy (non-hydrogen) atoms. The SMILES string of the molecule is CC1(C)CC(=O)CC(C)(C#N)C1.CC1=CC(=O)CC(C)(C)C1. The van der Waals surface area contributed by atoms with Crippen LogP contribution >= 0.6 is 0 Å². The van der Waals surface area contributed by atoms with Gasteiger partial charge in [0, 0.05) is 19.3 Å². The normalized spacial score (nSPS) is 29.8. The van der Waals surface area contributed by atoms with Gasteiger partial charge in [0.05, 0.1) is 11.5 Å². The van der Waals surface area contributed by atoms with Crippen molar-refractivity contribution < 1.29 is 9.59 Å². The van der Waals surface area contributed by atoms with Gasteiger partial charge in [-0.15, -0.1) is 0 Å². The highest BCUT2D eigenvalue weighted by molar-refractivity contribution is 5.91. The lowest BCUT2D eigenvalue weighted by atomic mass is 9.65. The van der Waals surface area contributed by atoms with E-state index in [0.717, 1.165) is 12.8 Å². The highest BCUT2D eigenvalue weighted by atomic mass is 16.1. The van der Waals surface area contributed by atoms with Gasteiger partial charge < -0.3 is 0 Å². The van der Waals surface area contributed by atoms with Crippen LogP contribution in [-0.2, 0) is 9.59 Å². The number of allylic oxidation sites excluding steroid dienone is 2. The number of rotatable bonds is 0. The van der Waals surface area contributed by atoms with Gasteiger partial charge in [-0.05, 0) is 43.6 Å². The standard InChI is InChI=1S/C10H15NO.C9H14O/c1-9(2)4-8(12)5-10(3,6-9)7-11;1-7-4-8(10)6-9(2,3)5-7/h4-6H2,1-3H3;4H,5-6H2,1-3H3. The number of ketones is 2. The van der Waals surface area contributed by atoms with Crippen molar-refractivity contribution in [3.05, 3.63) is 11.6 Å². The molecule has 0 spiro atoms. The van der Waals surface area contributed by atoms with Gasteiger partial charge in [-0.1, -0.05) is 33.3 Å². The van der Waals surface area contributed by atoms with Crippen LogP contribution < -0.4 is 0 Å². The van der Waals surface area contributed by atoms with E-state index in [-0.39, 0.29) is 22.4 Å². The number of hydrogen-bond acceptors (Lipinski definition) is 3. The molecule has 1 unspecified atom stereocenters. The third-order valence-electron chi connectivity index (χ3n) is 4.22. The van der Waals surface area contributed by atoms with Gasteiger partial charge in [0.1, 0.15) is 5.78 Å². The molecular weight excluding hydrogens is 274 g/mol. The topological polar surface area (TPSA) is 57.9 Å².